The van der Waals surface area contributed by atoms with Gasteiger partial charge in [0.25, 0.3) is 0 Å². The maximum Gasteiger partial charge on any atom is 0.222 e. The lowest BCUT2D eigenvalue weighted by Crippen LogP contribution is -2.46. The number of hydrogen-bond acceptors (Lipinski definition) is 3. The summed E-state index contributed by atoms with van der Waals surface area (Å²) >= 11 is 12.6. The van der Waals surface area contributed by atoms with Gasteiger partial charge in [-0.15, -0.1) is 0 Å². The number of hydrogen-bond donors (Lipinski definition) is 1. The number of aromatic hydroxyl groups is 1. The lowest BCUT2D eigenvalue weighted by molar-refractivity contribution is -0.133. The average Bonchev–Trinajstić information content (AvgIpc) is 2.80. The molecule has 1 N–H and O–H groups in total. The van der Waals surface area contributed by atoms with E-state index in [0.717, 1.165) is 11.1 Å². The number of phenolic OH excluding ortho intramolecular Hbond substituents is 1. The summed E-state index contributed by atoms with van der Waals surface area (Å²) in [6.45, 7) is 1.18. The number of ether oxygens (including phenoxy) is 1. The van der Waals surface area contributed by atoms with Gasteiger partial charge in [0.15, 0.2) is 0 Å². The molecule has 0 unspecified atom stereocenters. The Morgan fingerprint density at radius 1 is 1.03 bits per heavy atom. The number of para-hydroxylation sites is 1. The van der Waals surface area contributed by atoms with Crippen molar-refractivity contribution in [3.63, 3.8) is 0 Å². The van der Waals surface area contributed by atoms with E-state index in [1.54, 1.807) is 12.1 Å². The SMILES string of the molecule is O=C(CCc1ccc(O)cc1)N1CC[C@@H](Oc2ccccc2Cl)[C@@H](c2cccc(Cl)c2)C1. The monoisotopic (exact) mass is 469 g/mol. The Hall–Kier alpha value is -2.69. The minimum absolute atomic E-state index is 0.0173. The molecule has 1 heterocycles. The van der Waals surface area contributed by atoms with Crippen molar-refractivity contribution in [1.29, 1.82) is 0 Å². The van der Waals surface area contributed by atoms with Crippen molar-refractivity contribution in [1.82, 2.24) is 4.90 Å². The molecule has 3 aromatic rings. The third-order valence-electron chi connectivity index (χ3n) is 5.86. The molecule has 4 rings (SSSR count). The molecule has 1 fully saturated rings. The summed E-state index contributed by atoms with van der Waals surface area (Å²) < 4.78 is 6.32. The standard InChI is InChI=1S/C26H25Cl2NO3/c27-20-5-3-4-19(16-20)22-17-29(26(31)13-10-18-8-11-21(30)12-9-18)15-14-24(22)32-25-7-2-1-6-23(25)28/h1-9,11-12,16,22,24,30H,10,13-15,17H2/t22-,24-/m1/s1. The van der Waals surface area contributed by atoms with Crippen LogP contribution in [-0.4, -0.2) is 35.1 Å². The maximum absolute atomic E-state index is 13.0. The Balaban J connectivity index is 1.48. The number of carbonyl (C=O) groups excluding carboxylic acids is 1. The maximum atomic E-state index is 13.0. The van der Waals surface area contributed by atoms with Crippen LogP contribution in [0.15, 0.2) is 72.8 Å². The predicted octanol–water partition coefficient (Wildman–Crippen LogP) is 6.10. The first-order valence-corrected chi connectivity index (χ1v) is 11.5. The van der Waals surface area contributed by atoms with Crippen LogP contribution in [-0.2, 0) is 11.2 Å². The molecule has 166 valence electrons. The number of phenols is 1. The van der Waals surface area contributed by atoms with Gasteiger partial charge in [0.2, 0.25) is 5.91 Å². The van der Waals surface area contributed by atoms with Crippen molar-refractivity contribution in [3.05, 3.63) is 94.0 Å². The fourth-order valence-corrected chi connectivity index (χ4v) is 4.51. The van der Waals surface area contributed by atoms with Crippen LogP contribution < -0.4 is 4.74 Å². The summed E-state index contributed by atoms with van der Waals surface area (Å²) in [5, 5.41) is 10.7. The molecule has 1 aliphatic heterocycles. The minimum atomic E-state index is -0.116. The number of carbonyl (C=O) groups is 1. The van der Waals surface area contributed by atoms with E-state index in [0.29, 0.717) is 48.1 Å². The van der Waals surface area contributed by atoms with Crippen molar-refractivity contribution >= 4 is 29.1 Å². The molecule has 1 aliphatic rings. The molecule has 0 aliphatic carbocycles. The third kappa shape index (κ3) is 5.56. The summed E-state index contributed by atoms with van der Waals surface area (Å²) in [5.41, 5.74) is 2.07. The first-order valence-electron chi connectivity index (χ1n) is 10.7. The number of aryl methyl sites for hydroxylation is 1. The van der Waals surface area contributed by atoms with E-state index in [4.69, 9.17) is 27.9 Å². The van der Waals surface area contributed by atoms with Gasteiger partial charge in [0, 0.05) is 36.9 Å². The van der Waals surface area contributed by atoms with E-state index >= 15 is 0 Å². The Bertz CT molecular complexity index is 1070. The van der Waals surface area contributed by atoms with Crippen LogP contribution in [0.1, 0.15) is 29.9 Å². The van der Waals surface area contributed by atoms with Gasteiger partial charge in [-0.05, 0) is 53.9 Å². The number of nitrogens with zero attached hydrogens (tertiary/aromatic N) is 1. The molecule has 1 amide bonds. The Morgan fingerprint density at radius 3 is 2.56 bits per heavy atom. The number of amides is 1. The van der Waals surface area contributed by atoms with Gasteiger partial charge in [0.05, 0.1) is 5.02 Å². The molecule has 2 atom stereocenters. The zero-order valence-corrected chi connectivity index (χ0v) is 19.1. The summed E-state index contributed by atoms with van der Waals surface area (Å²) in [5.74, 6) is 0.973. The molecule has 32 heavy (non-hydrogen) atoms. The Kier molecular flexibility index (Phi) is 7.23. The molecule has 0 bridgehead atoms. The Labute approximate surface area is 198 Å². The zero-order chi connectivity index (χ0) is 22.5. The van der Waals surface area contributed by atoms with E-state index < -0.39 is 0 Å². The van der Waals surface area contributed by atoms with Crippen LogP contribution in [0.25, 0.3) is 0 Å². The fraction of sp³-hybridized carbons (Fsp3) is 0.269. The number of halogens is 2. The quantitative estimate of drug-likeness (QED) is 0.474. The molecule has 6 heteroatoms. The average molecular weight is 470 g/mol. The molecule has 4 nitrogen and oxygen atoms in total. The third-order valence-corrected chi connectivity index (χ3v) is 6.41. The van der Waals surface area contributed by atoms with Gasteiger partial charge in [0.1, 0.15) is 17.6 Å². The van der Waals surface area contributed by atoms with Gasteiger partial charge >= 0.3 is 0 Å². The largest absolute Gasteiger partial charge is 0.508 e. The molecular weight excluding hydrogens is 445 g/mol. The van der Waals surface area contributed by atoms with Crippen LogP contribution >= 0.6 is 23.2 Å². The van der Waals surface area contributed by atoms with Crippen LogP contribution in [0.5, 0.6) is 11.5 Å². The molecule has 0 saturated carbocycles. The van der Waals surface area contributed by atoms with E-state index in [1.165, 1.54) is 0 Å². The highest BCUT2D eigenvalue weighted by molar-refractivity contribution is 6.32. The molecule has 0 aromatic heterocycles. The summed E-state index contributed by atoms with van der Waals surface area (Å²) in [6, 6.07) is 22.2. The minimum Gasteiger partial charge on any atom is -0.508 e. The first kappa shape index (κ1) is 22.5. The van der Waals surface area contributed by atoms with E-state index in [9.17, 15) is 9.90 Å². The topological polar surface area (TPSA) is 49.8 Å². The van der Waals surface area contributed by atoms with Crippen molar-refractivity contribution in [2.24, 2.45) is 0 Å². The second-order valence-corrected chi connectivity index (χ2v) is 8.89. The van der Waals surface area contributed by atoms with Crippen LogP contribution in [0.4, 0.5) is 0 Å². The van der Waals surface area contributed by atoms with Crippen molar-refractivity contribution in [2.45, 2.75) is 31.3 Å². The van der Waals surface area contributed by atoms with Gasteiger partial charge in [-0.2, -0.15) is 0 Å². The number of benzene rings is 3. The molecule has 0 radical (unpaired) electrons. The van der Waals surface area contributed by atoms with Crippen LogP contribution in [0.3, 0.4) is 0 Å². The van der Waals surface area contributed by atoms with Crippen molar-refractivity contribution < 1.29 is 14.6 Å². The molecule has 1 saturated heterocycles. The highest BCUT2D eigenvalue weighted by Gasteiger charge is 2.34. The van der Waals surface area contributed by atoms with Gasteiger partial charge in [-0.25, -0.2) is 0 Å². The summed E-state index contributed by atoms with van der Waals surface area (Å²) in [7, 11) is 0. The number of likely N-dealkylation sites (tertiary alicyclic amines) is 1. The molecule has 3 aromatic carbocycles. The fourth-order valence-electron chi connectivity index (χ4n) is 4.13. The summed E-state index contributed by atoms with van der Waals surface area (Å²) in [6.07, 6.45) is 1.64. The molecule has 0 spiro atoms. The van der Waals surface area contributed by atoms with Gasteiger partial charge in [-0.3, -0.25) is 4.79 Å². The molecular formula is C26H25Cl2NO3. The van der Waals surface area contributed by atoms with E-state index in [1.807, 2.05) is 65.6 Å². The number of piperidine rings is 1. The summed E-state index contributed by atoms with van der Waals surface area (Å²) in [4.78, 5) is 14.9. The lowest BCUT2D eigenvalue weighted by atomic mass is 9.87. The van der Waals surface area contributed by atoms with Crippen LogP contribution in [0.2, 0.25) is 10.0 Å². The highest BCUT2D eigenvalue weighted by Crippen LogP contribution is 2.34. The second kappa shape index (κ2) is 10.3. The first-order chi connectivity index (χ1) is 15.5. The highest BCUT2D eigenvalue weighted by atomic mass is 35.5. The van der Waals surface area contributed by atoms with Gasteiger partial charge < -0.3 is 14.7 Å². The number of rotatable bonds is 6. The van der Waals surface area contributed by atoms with Crippen molar-refractivity contribution in [3.8, 4) is 11.5 Å². The van der Waals surface area contributed by atoms with E-state index in [-0.39, 0.29) is 23.7 Å². The van der Waals surface area contributed by atoms with E-state index in [2.05, 4.69) is 0 Å². The van der Waals surface area contributed by atoms with Gasteiger partial charge in [-0.1, -0.05) is 59.6 Å². The lowest BCUT2D eigenvalue weighted by Gasteiger charge is -2.39. The zero-order valence-electron chi connectivity index (χ0n) is 17.6. The van der Waals surface area contributed by atoms with Crippen molar-refractivity contribution in [2.75, 3.05) is 13.1 Å². The smallest absolute Gasteiger partial charge is 0.222 e. The second-order valence-electron chi connectivity index (χ2n) is 8.04. The van der Waals surface area contributed by atoms with Crippen LogP contribution in [0, 0.1) is 0 Å². The Morgan fingerprint density at radius 2 is 1.81 bits per heavy atom. The predicted molar refractivity (Wildman–Crippen MR) is 128 cm³/mol. The normalized spacial score (nSPS) is 18.4.